The number of rotatable bonds is 5. The largest absolute Gasteiger partial charge is 0.467 e. The maximum atomic E-state index is 12.1. The van der Waals surface area contributed by atoms with Gasteiger partial charge in [0.2, 0.25) is 5.88 Å². The number of anilines is 1. The third-order valence-electron chi connectivity index (χ3n) is 3.48. The van der Waals surface area contributed by atoms with E-state index in [2.05, 4.69) is 15.3 Å². The van der Waals surface area contributed by atoms with Crippen LogP contribution in [0.15, 0.2) is 42.5 Å². The van der Waals surface area contributed by atoms with Crippen molar-refractivity contribution in [2.45, 2.75) is 13.3 Å². The highest BCUT2D eigenvalue weighted by Gasteiger charge is 2.11. The Hall–Kier alpha value is -2.37. The number of aromatic nitrogens is 2. The number of amides is 1. The summed E-state index contributed by atoms with van der Waals surface area (Å²) in [4.78, 5) is 21.0. The van der Waals surface area contributed by atoms with E-state index in [1.165, 1.54) is 0 Å². The summed E-state index contributed by atoms with van der Waals surface area (Å²) in [6, 6.07) is 12.4. The van der Waals surface area contributed by atoms with Crippen molar-refractivity contribution >= 4 is 45.7 Å². The van der Waals surface area contributed by atoms with Crippen LogP contribution in [0, 0.1) is 0 Å². The first kappa shape index (κ1) is 17.5. The Labute approximate surface area is 155 Å². The van der Waals surface area contributed by atoms with Gasteiger partial charge in [0, 0.05) is 11.4 Å². The standard InChI is InChI=1S/C18H15Cl2N3O2/c1-2-16-21-14-6-4-3-5-12(14)18(23-16)25-10-17(24)22-15-8-7-11(19)9-13(15)20/h3-9H,2,10H2,1H3,(H,22,24). The van der Waals surface area contributed by atoms with Crippen LogP contribution >= 0.6 is 23.2 Å². The van der Waals surface area contributed by atoms with E-state index in [0.717, 1.165) is 10.9 Å². The van der Waals surface area contributed by atoms with Gasteiger partial charge in [-0.1, -0.05) is 42.3 Å². The number of benzene rings is 2. The summed E-state index contributed by atoms with van der Waals surface area (Å²) in [7, 11) is 0. The molecule has 0 atom stereocenters. The van der Waals surface area contributed by atoms with Gasteiger partial charge in [-0.2, -0.15) is 4.98 Å². The molecule has 128 valence electrons. The Morgan fingerprint density at radius 2 is 1.96 bits per heavy atom. The van der Waals surface area contributed by atoms with E-state index in [9.17, 15) is 4.79 Å². The fraction of sp³-hybridized carbons (Fsp3) is 0.167. The van der Waals surface area contributed by atoms with E-state index < -0.39 is 0 Å². The lowest BCUT2D eigenvalue weighted by molar-refractivity contribution is -0.118. The Bertz CT molecular complexity index is 931. The molecule has 3 aromatic rings. The quantitative estimate of drug-likeness (QED) is 0.711. The van der Waals surface area contributed by atoms with Gasteiger partial charge in [-0.15, -0.1) is 0 Å². The molecule has 0 saturated heterocycles. The number of fused-ring (bicyclic) bond motifs is 1. The Morgan fingerprint density at radius 1 is 1.16 bits per heavy atom. The molecule has 0 radical (unpaired) electrons. The van der Waals surface area contributed by atoms with Gasteiger partial charge in [-0.3, -0.25) is 4.79 Å². The molecule has 0 unspecified atom stereocenters. The molecule has 0 aliphatic carbocycles. The minimum absolute atomic E-state index is 0.191. The third-order valence-corrected chi connectivity index (χ3v) is 4.02. The molecule has 3 rings (SSSR count). The van der Waals surface area contributed by atoms with Crippen molar-refractivity contribution in [3.63, 3.8) is 0 Å². The van der Waals surface area contributed by atoms with Crippen LogP contribution in [-0.4, -0.2) is 22.5 Å². The molecule has 7 heteroatoms. The number of aryl methyl sites for hydroxylation is 1. The van der Waals surface area contributed by atoms with Crippen LogP contribution in [0.25, 0.3) is 10.9 Å². The summed E-state index contributed by atoms with van der Waals surface area (Å²) in [5.74, 6) is 0.708. The molecule has 0 aliphatic rings. The SMILES string of the molecule is CCc1nc(OCC(=O)Nc2ccc(Cl)cc2Cl)c2ccccc2n1. The number of nitrogens with one attached hydrogen (secondary N) is 1. The van der Waals surface area contributed by atoms with Crippen LogP contribution in [0.2, 0.25) is 10.0 Å². The molecule has 0 fully saturated rings. The van der Waals surface area contributed by atoms with Crippen LogP contribution in [0.4, 0.5) is 5.69 Å². The van der Waals surface area contributed by atoms with Gasteiger partial charge in [-0.25, -0.2) is 4.98 Å². The third kappa shape index (κ3) is 4.18. The lowest BCUT2D eigenvalue weighted by Crippen LogP contribution is -2.21. The molecule has 1 N–H and O–H groups in total. The molecule has 1 aromatic heterocycles. The number of halogens is 2. The summed E-state index contributed by atoms with van der Waals surface area (Å²) in [5, 5.41) is 4.31. The summed E-state index contributed by atoms with van der Waals surface area (Å²) >= 11 is 11.9. The summed E-state index contributed by atoms with van der Waals surface area (Å²) in [6.45, 7) is 1.77. The van der Waals surface area contributed by atoms with Gasteiger partial charge < -0.3 is 10.1 Å². The second kappa shape index (κ2) is 7.68. The molecule has 0 saturated carbocycles. The first-order valence-corrected chi connectivity index (χ1v) is 8.45. The number of carbonyl (C=O) groups is 1. The average molecular weight is 376 g/mol. The molecular weight excluding hydrogens is 361 g/mol. The van der Waals surface area contributed by atoms with Crippen molar-refractivity contribution in [3.8, 4) is 5.88 Å². The van der Waals surface area contributed by atoms with E-state index in [0.29, 0.717) is 33.9 Å². The fourth-order valence-electron chi connectivity index (χ4n) is 2.27. The van der Waals surface area contributed by atoms with Crippen molar-refractivity contribution in [2.24, 2.45) is 0 Å². The fourth-order valence-corrected chi connectivity index (χ4v) is 2.73. The van der Waals surface area contributed by atoms with E-state index in [-0.39, 0.29) is 12.5 Å². The minimum atomic E-state index is -0.343. The van der Waals surface area contributed by atoms with Gasteiger partial charge in [0.05, 0.1) is 21.6 Å². The Kier molecular flexibility index (Phi) is 5.36. The summed E-state index contributed by atoms with van der Waals surface area (Å²) in [5.41, 5.74) is 1.26. The number of para-hydroxylation sites is 1. The van der Waals surface area contributed by atoms with Crippen molar-refractivity contribution < 1.29 is 9.53 Å². The number of nitrogens with zero attached hydrogens (tertiary/aromatic N) is 2. The van der Waals surface area contributed by atoms with Crippen molar-refractivity contribution in [1.29, 1.82) is 0 Å². The second-order valence-corrected chi connectivity index (χ2v) is 6.12. The Balaban J connectivity index is 1.74. The highest BCUT2D eigenvalue weighted by Crippen LogP contribution is 2.26. The normalized spacial score (nSPS) is 10.7. The van der Waals surface area contributed by atoms with E-state index in [1.807, 2.05) is 31.2 Å². The van der Waals surface area contributed by atoms with Crippen molar-refractivity contribution in [1.82, 2.24) is 9.97 Å². The summed E-state index contributed by atoms with van der Waals surface area (Å²) < 4.78 is 5.63. The number of carbonyl (C=O) groups excluding carboxylic acids is 1. The van der Waals surface area contributed by atoms with Gasteiger partial charge in [0.15, 0.2) is 6.61 Å². The van der Waals surface area contributed by atoms with Crippen LogP contribution in [0.5, 0.6) is 5.88 Å². The maximum Gasteiger partial charge on any atom is 0.262 e. The smallest absolute Gasteiger partial charge is 0.262 e. The van der Waals surface area contributed by atoms with Gasteiger partial charge in [0.25, 0.3) is 5.91 Å². The van der Waals surface area contributed by atoms with Crippen LogP contribution < -0.4 is 10.1 Å². The molecule has 0 aliphatic heterocycles. The lowest BCUT2D eigenvalue weighted by atomic mass is 10.2. The monoisotopic (exact) mass is 375 g/mol. The predicted octanol–water partition coefficient (Wildman–Crippen LogP) is 4.52. The zero-order valence-electron chi connectivity index (χ0n) is 13.4. The van der Waals surface area contributed by atoms with Gasteiger partial charge in [0.1, 0.15) is 5.82 Å². The predicted molar refractivity (Wildman–Crippen MR) is 99.5 cm³/mol. The first-order chi connectivity index (χ1) is 12.1. The number of hydrogen-bond acceptors (Lipinski definition) is 4. The minimum Gasteiger partial charge on any atom is -0.467 e. The van der Waals surface area contributed by atoms with Crippen LogP contribution in [-0.2, 0) is 11.2 Å². The van der Waals surface area contributed by atoms with E-state index in [1.54, 1.807) is 18.2 Å². The molecule has 0 spiro atoms. The van der Waals surface area contributed by atoms with E-state index in [4.69, 9.17) is 27.9 Å². The molecule has 0 bridgehead atoms. The molecule has 5 nitrogen and oxygen atoms in total. The molecular formula is C18H15Cl2N3O2. The Morgan fingerprint density at radius 3 is 2.72 bits per heavy atom. The summed E-state index contributed by atoms with van der Waals surface area (Å²) in [6.07, 6.45) is 0.674. The molecule has 2 aromatic carbocycles. The van der Waals surface area contributed by atoms with Crippen LogP contribution in [0.3, 0.4) is 0 Å². The average Bonchev–Trinajstić information content (AvgIpc) is 2.61. The zero-order chi connectivity index (χ0) is 17.8. The van der Waals surface area contributed by atoms with Gasteiger partial charge >= 0.3 is 0 Å². The zero-order valence-corrected chi connectivity index (χ0v) is 14.9. The van der Waals surface area contributed by atoms with Gasteiger partial charge in [-0.05, 0) is 30.3 Å². The second-order valence-electron chi connectivity index (χ2n) is 5.28. The number of hydrogen-bond donors (Lipinski definition) is 1. The number of ether oxygens (including phenoxy) is 1. The molecule has 1 amide bonds. The molecule has 1 heterocycles. The van der Waals surface area contributed by atoms with Crippen molar-refractivity contribution in [3.05, 3.63) is 58.3 Å². The lowest BCUT2D eigenvalue weighted by Gasteiger charge is -2.11. The molecule has 25 heavy (non-hydrogen) atoms. The first-order valence-electron chi connectivity index (χ1n) is 7.70. The maximum absolute atomic E-state index is 12.1. The topological polar surface area (TPSA) is 64.1 Å². The highest BCUT2D eigenvalue weighted by molar-refractivity contribution is 6.36. The van der Waals surface area contributed by atoms with Crippen LogP contribution in [0.1, 0.15) is 12.7 Å². The van der Waals surface area contributed by atoms with E-state index >= 15 is 0 Å². The van der Waals surface area contributed by atoms with Crippen molar-refractivity contribution in [2.75, 3.05) is 11.9 Å². The highest BCUT2D eigenvalue weighted by atomic mass is 35.5.